The van der Waals surface area contributed by atoms with Crippen LogP contribution in [0.25, 0.3) is 11.3 Å². The van der Waals surface area contributed by atoms with Crippen LogP contribution < -0.4 is 20.1 Å². The van der Waals surface area contributed by atoms with E-state index >= 15 is 0 Å². The van der Waals surface area contributed by atoms with Crippen molar-refractivity contribution in [2.45, 2.75) is 0 Å². The van der Waals surface area contributed by atoms with Crippen molar-refractivity contribution in [1.82, 2.24) is 9.80 Å². The number of hydrogen-bond donors (Lipinski definition) is 2. The molecule has 10 nitrogen and oxygen atoms in total. The molecule has 2 heterocycles. The third-order valence-electron chi connectivity index (χ3n) is 6.74. The fourth-order valence-electron chi connectivity index (χ4n) is 4.51. The number of benzene rings is 3. The Labute approximate surface area is 237 Å². The lowest BCUT2D eigenvalue weighted by Crippen LogP contribution is -2.33. The molecule has 0 unspecified atom stereocenters. The summed E-state index contributed by atoms with van der Waals surface area (Å²) >= 11 is 0. The molecule has 2 N–H and O–H groups in total. The van der Waals surface area contributed by atoms with E-state index in [2.05, 4.69) is 10.6 Å². The monoisotopic (exact) mass is 554 g/mol. The summed E-state index contributed by atoms with van der Waals surface area (Å²) in [6.45, 7) is 1.36. The van der Waals surface area contributed by atoms with E-state index in [4.69, 9.17) is 14.2 Å². The number of anilines is 2. The number of nitrogens with one attached hydrogen (secondary N) is 2. The number of likely N-dealkylation sites (N-methyl/N-ethyl adjacent to an activating group) is 2. The molecule has 3 aromatic carbocycles. The highest BCUT2D eigenvalue weighted by atomic mass is 16.5. The van der Waals surface area contributed by atoms with Crippen LogP contribution in [-0.4, -0.2) is 68.9 Å². The topological polar surface area (TPSA) is 109 Å². The quantitative estimate of drug-likeness (QED) is 0.314. The van der Waals surface area contributed by atoms with Crippen LogP contribution >= 0.6 is 0 Å². The molecule has 0 aromatic heterocycles. The largest absolute Gasteiger partial charge is 0.465 e. The lowest BCUT2D eigenvalue weighted by atomic mass is 9.98. The molecule has 0 bridgehead atoms. The van der Waals surface area contributed by atoms with Gasteiger partial charge in [0.2, 0.25) is 0 Å². The van der Waals surface area contributed by atoms with Crippen LogP contribution in [0.1, 0.15) is 31.8 Å². The van der Waals surface area contributed by atoms with Crippen molar-refractivity contribution in [2.75, 3.05) is 52.0 Å². The Balaban J connectivity index is 1.52. The minimum Gasteiger partial charge on any atom is -0.465 e. The van der Waals surface area contributed by atoms with Gasteiger partial charge in [0.1, 0.15) is 12.5 Å². The van der Waals surface area contributed by atoms with E-state index in [-0.39, 0.29) is 11.8 Å². The third-order valence-corrected chi connectivity index (χ3v) is 6.74. The molecule has 2 amide bonds. The maximum absolute atomic E-state index is 13.4. The van der Waals surface area contributed by atoms with Crippen molar-refractivity contribution in [3.8, 4) is 11.5 Å². The van der Waals surface area contributed by atoms with Crippen LogP contribution in [0, 0.1) is 0 Å². The lowest BCUT2D eigenvalue weighted by molar-refractivity contribution is -0.110. The molecule has 3 aromatic rings. The number of fused-ring (bicyclic) bond motifs is 2. The molecular weight excluding hydrogens is 524 g/mol. The number of ether oxygens (including phenoxy) is 3. The Kier molecular flexibility index (Phi) is 7.75. The van der Waals surface area contributed by atoms with Crippen LogP contribution in [0.4, 0.5) is 11.4 Å². The number of methoxy groups -OCH3 is 1. The number of amides is 2. The predicted octanol–water partition coefficient (Wildman–Crippen LogP) is 4.28. The summed E-state index contributed by atoms with van der Waals surface area (Å²) in [6.07, 6.45) is 2.88. The summed E-state index contributed by atoms with van der Waals surface area (Å²) in [5.41, 5.74) is 4.22. The Morgan fingerprint density at radius 1 is 0.854 bits per heavy atom. The highest BCUT2D eigenvalue weighted by Crippen LogP contribution is 2.40. The molecule has 41 heavy (non-hydrogen) atoms. The van der Waals surface area contributed by atoms with Gasteiger partial charge in [0, 0.05) is 42.5 Å². The number of esters is 1. The van der Waals surface area contributed by atoms with Gasteiger partial charge in [-0.15, -0.1) is 0 Å². The van der Waals surface area contributed by atoms with E-state index in [0.717, 1.165) is 6.54 Å². The normalized spacial score (nSPS) is 14.3. The van der Waals surface area contributed by atoms with Gasteiger partial charge in [-0.1, -0.05) is 6.07 Å². The molecule has 0 saturated carbocycles. The van der Waals surface area contributed by atoms with Crippen molar-refractivity contribution in [1.29, 1.82) is 0 Å². The molecule has 210 valence electrons. The Hall–Kier alpha value is -5.09. The van der Waals surface area contributed by atoms with E-state index in [1.165, 1.54) is 19.6 Å². The zero-order valence-electron chi connectivity index (χ0n) is 23.2. The summed E-state index contributed by atoms with van der Waals surface area (Å²) in [7, 11) is 7.01. The Bertz CT molecular complexity index is 1580. The first-order chi connectivity index (χ1) is 19.7. The van der Waals surface area contributed by atoms with Crippen molar-refractivity contribution in [3.63, 3.8) is 0 Å². The summed E-state index contributed by atoms with van der Waals surface area (Å²) in [4.78, 5) is 42.0. The van der Waals surface area contributed by atoms with Gasteiger partial charge in [0.05, 0.1) is 29.6 Å². The van der Waals surface area contributed by atoms with Gasteiger partial charge < -0.3 is 34.6 Å². The average Bonchev–Trinajstić information content (AvgIpc) is 3.32. The second kappa shape index (κ2) is 11.6. The van der Waals surface area contributed by atoms with E-state index in [1.807, 2.05) is 25.1 Å². The van der Waals surface area contributed by atoms with E-state index < -0.39 is 5.97 Å². The van der Waals surface area contributed by atoms with Crippen molar-refractivity contribution in [3.05, 3.63) is 95.4 Å². The molecule has 2 aliphatic rings. The van der Waals surface area contributed by atoms with Crippen LogP contribution in [-0.2, 0) is 9.53 Å². The first kappa shape index (κ1) is 27.5. The molecule has 2 aliphatic heterocycles. The van der Waals surface area contributed by atoms with Crippen molar-refractivity contribution >= 4 is 40.4 Å². The van der Waals surface area contributed by atoms with Crippen molar-refractivity contribution < 1.29 is 28.6 Å². The third kappa shape index (κ3) is 5.78. The molecule has 5 rings (SSSR count). The second-order valence-electron chi connectivity index (χ2n) is 9.86. The van der Waals surface area contributed by atoms with Gasteiger partial charge in [-0.05, 0) is 68.7 Å². The van der Waals surface area contributed by atoms with Crippen LogP contribution in [0.5, 0.6) is 11.5 Å². The fourth-order valence-corrected chi connectivity index (χ4v) is 4.51. The van der Waals surface area contributed by atoms with E-state index in [0.29, 0.717) is 62.9 Å². The van der Waals surface area contributed by atoms with E-state index in [1.54, 1.807) is 66.5 Å². The second-order valence-corrected chi connectivity index (χ2v) is 9.86. The zero-order chi connectivity index (χ0) is 29.1. The van der Waals surface area contributed by atoms with Crippen LogP contribution in [0.3, 0.4) is 0 Å². The molecule has 10 heteroatoms. The van der Waals surface area contributed by atoms with Gasteiger partial charge in [0.25, 0.3) is 11.8 Å². The molecule has 0 spiro atoms. The maximum Gasteiger partial charge on any atom is 0.337 e. The standard InChI is InChI=1S/C31H30N4O6/c1-34(2)13-14-35(3)30(37)19-5-9-22(10-6-19)32-28(20-8-12-25-26(18-20)41-16-15-40-25)27-23-11-7-21(31(38)39-4)17-24(23)33-29(27)36/h5-12,15-18,32H,13-14H2,1-4H3,(H,33,36)/b28-27-. The molecular formula is C31H30N4O6. The lowest BCUT2D eigenvalue weighted by Gasteiger charge is -2.20. The molecule has 0 radical (unpaired) electrons. The SMILES string of the molecule is COC(=O)c1ccc2c(c1)NC(=O)/C2=C(\Nc1ccc(C(=O)N(C)CCN(C)C)cc1)c1ccc2c(c1)OC=CO2. The summed E-state index contributed by atoms with van der Waals surface area (Å²) in [5, 5.41) is 6.24. The number of nitrogens with zero attached hydrogens (tertiary/aromatic N) is 2. The minimum atomic E-state index is -0.500. The summed E-state index contributed by atoms with van der Waals surface area (Å²) in [6, 6.07) is 17.4. The van der Waals surface area contributed by atoms with Crippen LogP contribution in [0.15, 0.2) is 73.2 Å². The van der Waals surface area contributed by atoms with Gasteiger partial charge in [-0.3, -0.25) is 9.59 Å². The molecule has 0 atom stereocenters. The summed E-state index contributed by atoms with van der Waals surface area (Å²) < 4.78 is 16.0. The molecule has 0 fully saturated rings. The maximum atomic E-state index is 13.4. The minimum absolute atomic E-state index is 0.0811. The number of rotatable bonds is 8. The number of carbonyl (C=O) groups is 3. The zero-order valence-corrected chi connectivity index (χ0v) is 23.2. The highest BCUT2D eigenvalue weighted by molar-refractivity contribution is 6.37. The smallest absolute Gasteiger partial charge is 0.337 e. The first-order valence-corrected chi connectivity index (χ1v) is 12.9. The van der Waals surface area contributed by atoms with Gasteiger partial charge >= 0.3 is 5.97 Å². The first-order valence-electron chi connectivity index (χ1n) is 12.9. The summed E-state index contributed by atoms with van der Waals surface area (Å²) in [5.74, 6) is 0.114. The number of carbonyl (C=O) groups excluding carboxylic acids is 3. The Morgan fingerprint density at radius 3 is 2.24 bits per heavy atom. The van der Waals surface area contributed by atoms with Gasteiger partial charge in [-0.25, -0.2) is 4.79 Å². The predicted molar refractivity (Wildman–Crippen MR) is 156 cm³/mol. The van der Waals surface area contributed by atoms with Gasteiger partial charge in [0.15, 0.2) is 11.5 Å². The van der Waals surface area contributed by atoms with Gasteiger partial charge in [-0.2, -0.15) is 0 Å². The molecule has 0 saturated heterocycles. The number of hydrogen-bond acceptors (Lipinski definition) is 8. The van der Waals surface area contributed by atoms with Crippen molar-refractivity contribution in [2.24, 2.45) is 0 Å². The van der Waals surface area contributed by atoms with E-state index in [9.17, 15) is 14.4 Å². The Morgan fingerprint density at radius 2 is 1.54 bits per heavy atom. The van der Waals surface area contributed by atoms with Crippen LogP contribution in [0.2, 0.25) is 0 Å². The molecule has 0 aliphatic carbocycles. The highest BCUT2D eigenvalue weighted by Gasteiger charge is 2.30. The average molecular weight is 555 g/mol. The fraction of sp³-hybridized carbons (Fsp3) is 0.194.